The second kappa shape index (κ2) is 8.83. The molecule has 0 radical (unpaired) electrons. The summed E-state index contributed by atoms with van der Waals surface area (Å²) in [5.41, 5.74) is 8.04. The highest BCUT2D eigenvalue weighted by atomic mass is 35.5. The van der Waals surface area contributed by atoms with Crippen molar-refractivity contribution >= 4 is 40.5 Å². The van der Waals surface area contributed by atoms with Crippen LogP contribution in [0.5, 0.6) is 11.5 Å². The van der Waals surface area contributed by atoms with Crippen molar-refractivity contribution < 1.29 is 14.6 Å². The van der Waals surface area contributed by atoms with Gasteiger partial charge in [-0.1, -0.05) is 35.3 Å². The number of aromatic nitrogens is 1. The Bertz CT molecular complexity index is 1220. The van der Waals surface area contributed by atoms with E-state index in [0.29, 0.717) is 23.9 Å². The minimum Gasteiger partial charge on any atom is -0.455 e. The van der Waals surface area contributed by atoms with Gasteiger partial charge in [-0.25, -0.2) is 0 Å². The number of carbonyl (C=O) groups excluding carboxylic acids is 1. The number of hydrogen-bond donors (Lipinski definition) is 2. The third-order valence-electron chi connectivity index (χ3n) is 5.88. The van der Waals surface area contributed by atoms with Gasteiger partial charge >= 0.3 is 0 Å². The molecule has 1 atom stereocenters. The van der Waals surface area contributed by atoms with Crippen LogP contribution in [0.25, 0.3) is 0 Å². The Kier molecular flexibility index (Phi) is 5.88. The highest BCUT2D eigenvalue weighted by molar-refractivity contribution is 6.34. The van der Waals surface area contributed by atoms with Gasteiger partial charge in [0.1, 0.15) is 23.3 Å². The normalized spacial score (nSPS) is 16.4. The smallest absolute Gasteiger partial charge is 0.263 e. The van der Waals surface area contributed by atoms with Crippen LogP contribution >= 0.6 is 23.2 Å². The van der Waals surface area contributed by atoms with Crippen molar-refractivity contribution in [1.82, 2.24) is 4.98 Å². The highest BCUT2D eigenvalue weighted by Gasteiger charge is 2.36. The van der Waals surface area contributed by atoms with Crippen LogP contribution in [-0.2, 0) is 0 Å². The molecule has 1 aromatic heterocycles. The Morgan fingerprint density at radius 2 is 1.85 bits per heavy atom. The van der Waals surface area contributed by atoms with E-state index in [2.05, 4.69) is 16.0 Å². The van der Waals surface area contributed by atoms with Gasteiger partial charge in [-0.15, -0.1) is 0 Å². The van der Waals surface area contributed by atoms with E-state index in [1.54, 1.807) is 17.2 Å². The Labute approximate surface area is 201 Å². The number of aliphatic hydroxyl groups excluding tert-OH is 1. The number of para-hydroxylation sites is 2. The number of amides is 1. The molecule has 1 aliphatic carbocycles. The summed E-state index contributed by atoms with van der Waals surface area (Å²) in [5.74, 6) is 0.332. The molecule has 33 heavy (non-hydrogen) atoms. The number of pyridine rings is 1. The Morgan fingerprint density at radius 3 is 2.58 bits per heavy atom. The number of nitrogens with two attached hydrogens (primary N) is 1. The maximum Gasteiger partial charge on any atom is 0.263 e. The van der Waals surface area contributed by atoms with Gasteiger partial charge < -0.3 is 25.4 Å². The molecule has 5 rings (SSSR count). The lowest BCUT2D eigenvalue weighted by atomic mass is 10.1. The summed E-state index contributed by atoms with van der Waals surface area (Å²) in [7, 11) is 0. The molecule has 0 saturated heterocycles. The fraction of sp³-hybridized carbons (Fsp3) is 0.250. The first kappa shape index (κ1) is 22.0. The zero-order valence-corrected chi connectivity index (χ0v) is 19.1. The molecule has 2 heterocycles. The molecule has 1 aliphatic heterocycles. The molecule has 1 unspecified atom stereocenters. The van der Waals surface area contributed by atoms with Crippen LogP contribution in [-0.4, -0.2) is 35.1 Å². The van der Waals surface area contributed by atoms with Gasteiger partial charge in [-0.3, -0.25) is 9.78 Å². The maximum absolute atomic E-state index is 13.6. The van der Waals surface area contributed by atoms with Crippen molar-refractivity contribution in [1.29, 1.82) is 0 Å². The topological polar surface area (TPSA) is 91.9 Å². The quantitative estimate of drug-likeness (QED) is 0.507. The average Bonchev–Trinajstić information content (AvgIpc) is 3.65. The van der Waals surface area contributed by atoms with E-state index < -0.39 is 6.23 Å². The molecule has 170 valence electrons. The van der Waals surface area contributed by atoms with E-state index in [0.717, 1.165) is 17.9 Å². The van der Waals surface area contributed by atoms with Crippen LogP contribution < -0.4 is 20.3 Å². The third-order valence-corrected chi connectivity index (χ3v) is 6.50. The van der Waals surface area contributed by atoms with Crippen molar-refractivity contribution in [2.45, 2.75) is 25.1 Å². The molecule has 2 aliphatic rings. The second-order valence-corrected chi connectivity index (χ2v) is 8.91. The summed E-state index contributed by atoms with van der Waals surface area (Å²) in [6.45, 7) is 1.34. The molecule has 7 nitrogen and oxygen atoms in total. The Balaban J connectivity index is 1.47. The molecular formula is C24H22Cl2N4O3. The first-order valence-corrected chi connectivity index (χ1v) is 11.4. The van der Waals surface area contributed by atoms with Crippen LogP contribution in [0.2, 0.25) is 10.0 Å². The fourth-order valence-electron chi connectivity index (χ4n) is 4.10. The lowest BCUT2D eigenvalue weighted by Crippen LogP contribution is -2.45. The molecule has 1 saturated carbocycles. The SMILES string of the molecule is NC(O)c1cc(Cl)c(Oc2ccncc2C(=O)N2CCN(C3CC3)c3ccccc32)cc1Cl. The Morgan fingerprint density at radius 1 is 1.09 bits per heavy atom. The van der Waals surface area contributed by atoms with Gasteiger partial charge in [0.05, 0.1) is 21.4 Å². The molecule has 3 aromatic rings. The van der Waals surface area contributed by atoms with Crippen molar-refractivity contribution in [2.75, 3.05) is 22.9 Å². The minimum atomic E-state index is -1.27. The zero-order valence-electron chi connectivity index (χ0n) is 17.6. The first-order chi connectivity index (χ1) is 15.9. The van der Waals surface area contributed by atoms with Crippen molar-refractivity contribution in [2.24, 2.45) is 5.73 Å². The van der Waals surface area contributed by atoms with Crippen LogP contribution in [0.4, 0.5) is 11.4 Å². The molecule has 0 bridgehead atoms. The zero-order chi connectivity index (χ0) is 23.1. The largest absolute Gasteiger partial charge is 0.455 e. The number of hydrogen-bond acceptors (Lipinski definition) is 6. The fourth-order valence-corrected chi connectivity index (χ4v) is 4.58. The summed E-state index contributed by atoms with van der Waals surface area (Å²) < 4.78 is 5.99. The number of nitrogens with zero attached hydrogens (tertiary/aromatic N) is 3. The van der Waals surface area contributed by atoms with Gasteiger partial charge in [0.15, 0.2) is 0 Å². The van der Waals surface area contributed by atoms with Gasteiger partial charge in [-0.2, -0.15) is 0 Å². The summed E-state index contributed by atoms with van der Waals surface area (Å²) in [6, 6.07) is 13.0. The van der Waals surface area contributed by atoms with Crippen LogP contribution in [0, 0.1) is 0 Å². The molecule has 0 spiro atoms. The summed E-state index contributed by atoms with van der Waals surface area (Å²) in [4.78, 5) is 21.9. The van der Waals surface area contributed by atoms with Gasteiger partial charge in [0.2, 0.25) is 0 Å². The van der Waals surface area contributed by atoms with E-state index in [-0.39, 0.29) is 27.3 Å². The van der Waals surface area contributed by atoms with Crippen molar-refractivity contribution in [3.05, 3.63) is 76.0 Å². The number of halogens is 2. The van der Waals surface area contributed by atoms with E-state index in [9.17, 15) is 9.90 Å². The van der Waals surface area contributed by atoms with Crippen molar-refractivity contribution in [3.8, 4) is 11.5 Å². The number of rotatable bonds is 5. The molecule has 9 heteroatoms. The maximum atomic E-state index is 13.6. The number of anilines is 2. The second-order valence-electron chi connectivity index (χ2n) is 8.09. The van der Waals surface area contributed by atoms with Crippen LogP contribution in [0.15, 0.2) is 54.9 Å². The molecule has 2 aromatic carbocycles. The molecule has 1 amide bonds. The number of ether oxygens (including phenoxy) is 1. The first-order valence-electron chi connectivity index (χ1n) is 10.7. The third kappa shape index (κ3) is 4.25. The number of carbonyl (C=O) groups is 1. The average molecular weight is 485 g/mol. The van der Waals surface area contributed by atoms with E-state index in [1.165, 1.54) is 31.2 Å². The summed E-state index contributed by atoms with van der Waals surface area (Å²) in [6.07, 6.45) is 4.13. The van der Waals surface area contributed by atoms with Gasteiger partial charge in [-0.05, 0) is 37.1 Å². The molecule has 3 N–H and O–H groups in total. The lowest BCUT2D eigenvalue weighted by molar-refractivity contribution is 0.0984. The van der Waals surface area contributed by atoms with Gasteiger partial charge in [0, 0.05) is 43.2 Å². The summed E-state index contributed by atoms with van der Waals surface area (Å²) >= 11 is 12.5. The molecular weight excluding hydrogens is 463 g/mol. The van der Waals surface area contributed by atoms with Crippen LogP contribution in [0.1, 0.15) is 35.0 Å². The van der Waals surface area contributed by atoms with Crippen molar-refractivity contribution in [3.63, 3.8) is 0 Å². The number of fused-ring (bicyclic) bond motifs is 1. The monoisotopic (exact) mass is 484 g/mol. The highest BCUT2D eigenvalue weighted by Crippen LogP contribution is 2.41. The molecule has 1 fully saturated rings. The summed E-state index contributed by atoms with van der Waals surface area (Å²) in [5, 5.41) is 10.1. The lowest BCUT2D eigenvalue weighted by Gasteiger charge is -2.38. The predicted octanol–water partition coefficient (Wildman–Crippen LogP) is 4.76. The predicted molar refractivity (Wildman–Crippen MR) is 128 cm³/mol. The van der Waals surface area contributed by atoms with Gasteiger partial charge in [0.25, 0.3) is 5.91 Å². The van der Waals surface area contributed by atoms with Crippen LogP contribution in [0.3, 0.4) is 0 Å². The minimum absolute atomic E-state index is 0.205. The number of benzene rings is 2. The standard InChI is InChI=1S/C24H22Cl2N4O3/c25-17-12-22(18(26)11-15(17)23(27)31)33-21-7-8-28-13-16(21)24(32)30-10-9-29(14-5-6-14)19-3-1-2-4-20(19)30/h1-4,7-8,11-14,23,31H,5-6,9-10,27H2. The van der Waals surface area contributed by atoms with E-state index in [4.69, 9.17) is 33.7 Å². The Hall–Kier alpha value is -2.84. The van der Waals surface area contributed by atoms with E-state index in [1.807, 2.05) is 18.2 Å². The van der Waals surface area contributed by atoms with E-state index >= 15 is 0 Å². The number of aliphatic hydroxyl groups is 1.